The minimum absolute atomic E-state index is 0. The summed E-state index contributed by atoms with van der Waals surface area (Å²) in [6.07, 6.45) is -1.84. The van der Waals surface area contributed by atoms with E-state index in [-0.39, 0.29) is 30.4 Å². The normalized spacial score (nSPS) is 21.3. The summed E-state index contributed by atoms with van der Waals surface area (Å²) in [6, 6.07) is 14.4. The van der Waals surface area contributed by atoms with E-state index in [4.69, 9.17) is 5.26 Å². The highest BCUT2D eigenvalue weighted by Gasteiger charge is 2.40. The molecule has 0 bridgehead atoms. The first-order chi connectivity index (χ1) is 19.9. The molecule has 0 radical (unpaired) electrons. The summed E-state index contributed by atoms with van der Waals surface area (Å²) in [4.78, 5) is 19.8. The first-order valence-electron chi connectivity index (χ1n) is 15.1. The molecule has 3 aliphatic rings. The van der Waals surface area contributed by atoms with Crippen LogP contribution in [-0.2, 0) is 16.4 Å². The lowest BCUT2D eigenvalue weighted by Crippen LogP contribution is -2.42. The van der Waals surface area contributed by atoms with Crippen molar-refractivity contribution in [1.82, 2.24) is 9.80 Å². The number of halogens is 3. The van der Waals surface area contributed by atoms with Crippen molar-refractivity contribution in [3.05, 3.63) is 59.2 Å². The lowest BCUT2D eigenvalue weighted by atomic mass is 9.87. The zero-order valence-electron chi connectivity index (χ0n) is 24.9. The lowest BCUT2D eigenvalue weighted by Gasteiger charge is -2.33. The third kappa shape index (κ3) is 7.83. The summed E-state index contributed by atoms with van der Waals surface area (Å²) in [5.74, 6) is 1.52. The van der Waals surface area contributed by atoms with Crippen LogP contribution < -0.4 is 10.2 Å². The van der Waals surface area contributed by atoms with E-state index in [2.05, 4.69) is 60.2 Å². The fourth-order valence-corrected chi connectivity index (χ4v) is 6.74. The number of alkyl halides is 3. The number of carbonyl (C=O) groups excluding carboxylic acids is 1. The number of benzene rings is 2. The van der Waals surface area contributed by atoms with Gasteiger partial charge in [-0.05, 0) is 79.0 Å². The summed E-state index contributed by atoms with van der Waals surface area (Å²) >= 11 is 0. The quantitative estimate of drug-likeness (QED) is 0.382. The van der Waals surface area contributed by atoms with Gasteiger partial charge in [0.2, 0.25) is 5.91 Å². The van der Waals surface area contributed by atoms with Crippen molar-refractivity contribution < 1.29 is 18.0 Å². The molecular weight excluding hydrogens is 551 g/mol. The number of amides is 1. The molecule has 0 aliphatic carbocycles. The van der Waals surface area contributed by atoms with Gasteiger partial charge in [-0.25, -0.2) is 0 Å². The van der Waals surface area contributed by atoms with Crippen LogP contribution in [0, 0.1) is 23.2 Å². The van der Waals surface area contributed by atoms with Gasteiger partial charge in [0.15, 0.2) is 0 Å². The molecule has 3 aliphatic heterocycles. The number of carbonyl (C=O) groups is 1. The van der Waals surface area contributed by atoms with Crippen LogP contribution in [0.1, 0.15) is 70.6 Å². The molecule has 1 N–H and O–H groups in total. The molecule has 3 saturated heterocycles. The molecule has 3 heterocycles. The van der Waals surface area contributed by atoms with Crippen LogP contribution in [0.15, 0.2) is 42.5 Å². The number of hydrogen-bond donors (Lipinski definition) is 1. The third-order valence-electron chi connectivity index (χ3n) is 9.19. The SMILES string of the molecule is C.CC(C)(C)c1ccc(N2CC3CN(CCCC(=O)N4CCC(Nc5ccc(C#N)c(C(F)(F)F)c5)CC4)CC3C2)cc1. The Labute approximate surface area is 254 Å². The van der Waals surface area contributed by atoms with Gasteiger partial charge in [-0.3, -0.25) is 4.79 Å². The number of likely N-dealkylation sites (tertiary alicyclic amines) is 2. The average Bonchev–Trinajstić information content (AvgIpc) is 3.52. The predicted molar refractivity (Wildman–Crippen MR) is 166 cm³/mol. The molecule has 1 amide bonds. The van der Waals surface area contributed by atoms with E-state index >= 15 is 0 Å². The summed E-state index contributed by atoms with van der Waals surface area (Å²) in [6.45, 7) is 13.2. The van der Waals surface area contributed by atoms with Gasteiger partial charge in [0.25, 0.3) is 0 Å². The topological polar surface area (TPSA) is 62.6 Å². The molecule has 3 fully saturated rings. The fourth-order valence-electron chi connectivity index (χ4n) is 6.74. The Morgan fingerprint density at radius 1 is 0.977 bits per heavy atom. The van der Waals surface area contributed by atoms with Gasteiger partial charge in [0.05, 0.1) is 17.2 Å². The maximum absolute atomic E-state index is 13.3. The summed E-state index contributed by atoms with van der Waals surface area (Å²) in [5.41, 5.74) is 1.88. The summed E-state index contributed by atoms with van der Waals surface area (Å²) < 4.78 is 39.9. The Balaban J connectivity index is 0.00000423. The minimum Gasteiger partial charge on any atom is -0.382 e. The standard InChI is InChI=1S/C33H42F3N5O.CH4/c1-32(2,3)26-7-10-29(11-8-26)41-21-24-19-39(20-25(24)22-41)14-4-5-31(42)40-15-12-27(13-16-40)38-28-9-6-23(18-37)30(17-28)33(34,35)36;/h6-11,17,24-25,27,38H,4-5,12-16,19-22H2,1-3H3;1H4. The van der Waals surface area contributed by atoms with E-state index in [1.165, 1.54) is 23.4 Å². The maximum Gasteiger partial charge on any atom is 0.417 e. The number of nitrogens with zero attached hydrogens (tertiary/aromatic N) is 4. The van der Waals surface area contributed by atoms with Crippen molar-refractivity contribution in [1.29, 1.82) is 5.26 Å². The number of piperidine rings is 1. The van der Waals surface area contributed by atoms with Crippen LogP contribution in [-0.4, -0.2) is 67.6 Å². The zero-order valence-corrected chi connectivity index (χ0v) is 24.9. The molecule has 0 saturated carbocycles. The lowest BCUT2D eigenvalue weighted by molar-refractivity contribution is -0.137. The first-order valence-corrected chi connectivity index (χ1v) is 15.1. The molecule has 43 heavy (non-hydrogen) atoms. The molecule has 2 unspecified atom stereocenters. The molecule has 5 rings (SSSR count). The number of hydrogen-bond acceptors (Lipinski definition) is 5. The number of rotatable bonds is 7. The van der Waals surface area contributed by atoms with Gasteiger partial charge >= 0.3 is 6.18 Å². The van der Waals surface area contributed by atoms with E-state index in [9.17, 15) is 18.0 Å². The van der Waals surface area contributed by atoms with Gasteiger partial charge in [-0.2, -0.15) is 18.4 Å². The highest BCUT2D eigenvalue weighted by Crippen LogP contribution is 2.36. The first kappa shape index (κ1) is 32.7. The molecule has 234 valence electrons. The summed E-state index contributed by atoms with van der Waals surface area (Å²) in [7, 11) is 0. The molecule has 0 spiro atoms. The molecule has 9 heteroatoms. The molecule has 2 aromatic rings. The second-order valence-electron chi connectivity index (χ2n) is 13.3. The van der Waals surface area contributed by atoms with Crippen molar-refractivity contribution in [2.24, 2.45) is 11.8 Å². The molecule has 0 aromatic heterocycles. The van der Waals surface area contributed by atoms with E-state index < -0.39 is 11.7 Å². The largest absolute Gasteiger partial charge is 0.417 e. The van der Waals surface area contributed by atoms with Gasteiger partial charge in [-0.1, -0.05) is 40.3 Å². The van der Waals surface area contributed by atoms with Crippen LogP contribution in [0.5, 0.6) is 0 Å². The minimum atomic E-state index is -4.58. The molecular formula is C34H46F3N5O. The Bertz CT molecular complexity index is 1280. The Morgan fingerprint density at radius 2 is 1.60 bits per heavy atom. The predicted octanol–water partition coefficient (Wildman–Crippen LogP) is 6.76. The number of nitriles is 1. The Hall–Kier alpha value is -3.25. The Morgan fingerprint density at radius 3 is 2.16 bits per heavy atom. The molecule has 2 aromatic carbocycles. The van der Waals surface area contributed by atoms with Gasteiger partial charge < -0.3 is 20.0 Å². The highest BCUT2D eigenvalue weighted by atomic mass is 19.4. The van der Waals surface area contributed by atoms with Crippen molar-refractivity contribution in [3.63, 3.8) is 0 Å². The van der Waals surface area contributed by atoms with Crippen LogP contribution in [0.4, 0.5) is 24.5 Å². The van der Waals surface area contributed by atoms with Crippen LogP contribution in [0.3, 0.4) is 0 Å². The fraction of sp³-hybridized carbons (Fsp3) is 0.588. The van der Waals surface area contributed by atoms with Crippen molar-refractivity contribution in [2.75, 3.05) is 56.0 Å². The number of nitrogens with one attached hydrogen (secondary N) is 1. The maximum atomic E-state index is 13.3. The Kier molecular flexibility index (Phi) is 10.0. The van der Waals surface area contributed by atoms with Crippen molar-refractivity contribution in [3.8, 4) is 6.07 Å². The van der Waals surface area contributed by atoms with Gasteiger partial charge in [0.1, 0.15) is 0 Å². The van der Waals surface area contributed by atoms with Crippen LogP contribution in [0.25, 0.3) is 0 Å². The van der Waals surface area contributed by atoms with Gasteiger partial charge in [-0.15, -0.1) is 0 Å². The highest BCUT2D eigenvalue weighted by molar-refractivity contribution is 5.76. The number of anilines is 2. The zero-order chi connectivity index (χ0) is 30.1. The third-order valence-corrected chi connectivity index (χ3v) is 9.19. The second kappa shape index (κ2) is 13.2. The second-order valence-corrected chi connectivity index (χ2v) is 13.3. The summed E-state index contributed by atoms with van der Waals surface area (Å²) in [5, 5.41) is 12.2. The molecule has 6 nitrogen and oxygen atoms in total. The van der Waals surface area contributed by atoms with Crippen molar-refractivity contribution in [2.45, 2.75) is 71.5 Å². The van der Waals surface area contributed by atoms with Crippen LogP contribution >= 0.6 is 0 Å². The van der Waals surface area contributed by atoms with E-state index in [1.807, 2.05) is 4.90 Å². The number of fused-ring (bicyclic) bond motifs is 1. The average molecular weight is 598 g/mol. The smallest absolute Gasteiger partial charge is 0.382 e. The van der Waals surface area contributed by atoms with E-state index in [0.717, 1.165) is 45.2 Å². The van der Waals surface area contributed by atoms with Crippen LogP contribution in [0.2, 0.25) is 0 Å². The van der Waals surface area contributed by atoms with E-state index in [1.54, 1.807) is 6.07 Å². The molecule has 2 atom stereocenters. The van der Waals surface area contributed by atoms with Gasteiger partial charge in [0, 0.05) is 63.1 Å². The monoisotopic (exact) mass is 597 g/mol. The van der Waals surface area contributed by atoms with Crippen molar-refractivity contribution >= 4 is 17.3 Å². The van der Waals surface area contributed by atoms with E-state index in [0.29, 0.717) is 49.9 Å².